The van der Waals surface area contributed by atoms with E-state index in [1.54, 1.807) is 12.1 Å². The molecule has 1 saturated heterocycles. The van der Waals surface area contributed by atoms with Gasteiger partial charge in [-0.25, -0.2) is 4.39 Å². The Kier molecular flexibility index (Phi) is 5.38. The van der Waals surface area contributed by atoms with Gasteiger partial charge in [-0.1, -0.05) is 12.1 Å². The van der Waals surface area contributed by atoms with Crippen LogP contribution in [0.25, 0.3) is 10.4 Å². The molecular formula is C17H19FN2O2S. The van der Waals surface area contributed by atoms with Gasteiger partial charge in [0.1, 0.15) is 5.82 Å². The van der Waals surface area contributed by atoms with Crippen molar-refractivity contribution in [2.24, 2.45) is 0 Å². The molecule has 1 amide bonds. The average Bonchev–Trinajstić information content (AvgIpc) is 3.06. The molecule has 122 valence electrons. The number of thiophene rings is 1. The van der Waals surface area contributed by atoms with E-state index >= 15 is 0 Å². The highest BCUT2D eigenvalue weighted by atomic mass is 32.1. The van der Waals surface area contributed by atoms with E-state index in [2.05, 4.69) is 10.2 Å². The van der Waals surface area contributed by atoms with Gasteiger partial charge in [0, 0.05) is 31.1 Å². The molecule has 0 bridgehead atoms. The van der Waals surface area contributed by atoms with Crippen molar-refractivity contribution in [3.8, 4) is 10.4 Å². The van der Waals surface area contributed by atoms with Crippen molar-refractivity contribution in [2.45, 2.75) is 0 Å². The lowest BCUT2D eigenvalue weighted by molar-refractivity contribution is 0.0383. The van der Waals surface area contributed by atoms with Gasteiger partial charge in [-0.3, -0.25) is 9.69 Å². The molecular weight excluding hydrogens is 315 g/mol. The number of amides is 1. The highest BCUT2D eigenvalue weighted by Crippen LogP contribution is 2.28. The monoisotopic (exact) mass is 334 g/mol. The number of halogens is 1. The Morgan fingerprint density at radius 2 is 1.91 bits per heavy atom. The minimum Gasteiger partial charge on any atom is -0.379 e. The van der Waals surface area contributed by atoms with E-state index in [-0.39, 0.29) is 11.7 Å². The zero-order valence-electron chi connectivity index (χ0n) is 12.8. The SMILES string of the molecule is O=C(NCCN1CCOCC1)c1ccc(-c2ccc(F)cc2)s1. The maximum Gasteiger partial charge on any atom is 0.261 e. The van der Waals surface area contributed by atoms with Gasteiger partial charge < -0.3 is 10.1 Å². The maximum absolute atomic E-state index is 13.0. The summed E-state index contributed by atoms with van der Waals surface area (Å²) in [5, 5.41) is 2.95. The summed E-state index contributed by atoms with van der Waals surface area (Å²) >= 11 is 1.42. The molecule has 6 heteroatoms. The van der Waals surface area contributed by atoms with Crippen LogP contribution in [0.1, 0.15) is 9.67 Å². The maximum atomic E-state index is 13.0. The van der Waals surface area contributed by atoms with Crippen molar-refractivity contribution in [1.29, 1.82) is 0 Å². The summed E-state index contributed by atoms with van der Waals surface area (Å²) in [6, 6.07) is 10.0. The summed E-state index contributed by atoms with van der Waals surface area (Å²) in [7, 11) is 0. The molecule has 4 nitrogen and oxygen atoms in total. The van der Waals surface area contributed by atoms with E-state index in [0.717, 1.165) is 43.3 Å². The molecule has 1 aromatic heterocycles. The van der Waals surface area contributed by atoms with Gasteiger partial charge in [0.25, 0.3) is 5.91 Å². The molecule has 0 atom stereocenters. The average molecular weight is 334 g/mol. The van der Waals surface area contributed by atoms with Gasteiger partial charge in [0.05, 0.1) is 18.1 Å². The smallest absolute Gasteiger partial charge is 0.261 e. The van der Waals surface area contributed by atoms with E-state index in [1.165, 1.54) is 23.5 Å². The third kappa shape index (κ3) is 4.37. The molecule has 0 saturated carbocycles. The molecule has 1 N–H and O–H groups in total. The zero-order valence-corrected chi connectivity index (χ0v) is 13.6. The molecule has 0 aliphatic carbocycles. The van der Waals surface area contributed by atoms with Crippen molar-refractivity contribution in [2.75, 3.05) is 39.4 Å². The number of ether oxygens (including phenoxy) is 1. The summed E-state index contributed by atoms with van der Waals surface area (Å²) in [6.07, 6.45) is 0. The number of nitrogens with zero attached hydrogens (tertiary/aromatic N) is 1. The van der Waals surface area contributed by atoms with Crippen LogP contribution in [0.2, 0.25) is 0 Å². The number of carbonyl (C=O) groups is 1. The van der Waals surface area contributed by atoms with E-state index in [9.17, 15) is 9.18 Å². The zero-order chi connectivity index (χ0) is 16.1. The van der Waals surface area contributed by atoms with Gasteiger partial charge in [0.2, 0.25) is 0 Å². The second-order valence-electron chi connectivity index (χ2n) is 5.38. The Labute approximate surface area is 138 Å². The van der Waals surface area contributed by atoms with Gasteiger partial charge >= 0.3 is 0 Å². The molecule has 0 unspecified atom stereocenters. The van der Waals surface area contributed by atoms with Gasteiger partial charge in [0.15, 0.2) is 0 Å². The number of hydrogen-bond acceptors (Lipinski definition) is 4. The first-order valence-electron chi connectivity index (χ1n) is 7.66. The molecule has 1 fully saturated rings. The minimum absolute atomic E-state index is 0.0587. The second kappa shape index (κ2) is 7.68. The van der Waals surface area contributed by atoms with Gasteiger partial charge in [-0.15, -0.1) is 11.3 Å². The van der Waals surface area contributed by atoms with Crippen LogP contribution in [0.15, 0.2) is 36.4 Å². The van der Waals surface area contributed by atoms with Crippen LogP contribution in [0.3, 0.4) is 0 Å². The van der Waals surface area contributed by atoms with E-state index in [0.29, 0.717) is 11.4 Å². The lowest BCUT2D eigenvalue weighted by Gasteiger charge is -2.26. The first-order valence-corrected chi connectivity index (χ1v) is 8.48. The molecule has 1 aromatic carbocycles. The topological polar surface area (TPSA) is 41.6 Å². The Morgan fingerprint density at radius 1 is 1.17 bits per heavy atom. The van der Waals surface area contributed by atoms with Crippen LogP contribution in [0, 0.1) is 5.82 Å². The van der Waals surface area contributed by atoms with Crippen LogP contribution in [0.4, 0.5) is 4.39 Å². The van der Waals surface area contributed by atoms with Crippen LogP contribution < -0.4 is 5.32 Å². The first kappa shape index (κ1) is 16.1. The number of nitrogens with one attached hydrogen (secondary N) is 1. The molecule has 23 heavy (non-hydrogen) atoms. The van der Waals surface area contributed by atoms with E-state index < -0.39 is 0 Å². The number of morpholine rings is 1. The minimum atomic E-state index is -0.258. The summed E-state index contributed by atoms with van der Waals surface area (Å²) in [4.78, 5) is 16.1. The quantitative estimate of drug-likeness (QED) is 0.914. The van der Waals surface area contributed by atoms with Crippen LogP contribution in [0.5, 0.6) is 0 Å². The van der Waals surface area contributed by atoms with E-state index in [1.807, 2.05) is 12.1 Å². The van der Waals surface area contributed by atoms with Crippen molar-refractivity contribution in [3.63, 3.8) is 0 Å². The van der Waals surface area contributed by atoms with Crippen molar-refractivity contribution in [3.05, 3.63) is 47.1 Å². The van der Waals surface area contributed by atoms with Gasteiger partial charge in [-0.05, 0) is 29.8 Å². The number of benzene rings is 1. The predicted molar refractivity (Wildman–Crippen MR) is 89.3 cm³/mol. The third-order valence-electron chi connectivity index (χ3n) is 3.78. The Morgan fingerprint density at radius 3 is 2.65 bits per heavy atom. The first-order chi connectivity index (χ1) is 11.2. The lowest BCUT2D eigenvalue weighted by Crippen LogP contribution is -2.41. The molecule has 1 aliphatic heterocycles. The molecule has 2 aromatic rings. The normalized spacial score (nSPS) is 15.5. The Balaban J connectivity index is 1.52. The van der Waals surface area contributed by atoms with Crippen LogP contribution >= 0.6 is 11.3 Å². The highest BCUT2D eigenvalue weighted by Gasteiger charge is 2.12. The predicted octanol–water partition coefficient (Wildman–Crippen LogP) is 2.62. The Hall–Kier alpha value is -1.76. The summed E-state index contributed by atoms with van der Waals surface area (Å²) in [5.74, 6) is -0.317. The molecule has 1 aliphatic rings. The standard InChI is InChI=1S/C17H19FN2O2S/c18-14-3-1-13(2-4-14)15-5-6-16(23-15)17(21)19-7-8-20-9-11-22-12-10-20/h1-6H,7-12H2,(H,19,21). The summed E-state index contributed by atoms with van der Waals surface area (Å²) < 4.78 is 18.3. The number of hydrogen-bond donors (Lipinski definition) is 1. The largest absolute Gasteiger partial charge is 0.379 e. The second-order valence-corrected chi connectivity index (χ2v) is 6.46. The highest BCUT2D eigenvalue weighted by molar-refractivity contribution is 7.17. The van der Waals surface area contributed by atoms with Crippen LogP contribution in [-0.4, -0.2) is 50.2 Å². The van der Waals surface area contributed by atoms with E-state index in [4.69, 9.17) is 4.74 Å². The lowest BCUT2D eigenvalue weighted by atomic mass is 10.2. The summed E-state index contributed by atoms with van der Waals surface area (Å²) in [5.41, 5.74) is 0.920. The third-order valence-corrected chi connectivity index (χ3v) is 4.91. The number of carbonyl (C=O) groups excluding carboxylic acids is 1. The van der Waals surface area contributed by atoms with Crippen LogP contribution in [-0.2, 0) is 4.74 Å². The molecule has 3 rings (SSSR count). The summed E-state index contributed by atoms with van der Waals surface area (Å²) in [6.45, 7) is 4.83. The van der Waals surface area contributed by atoms with Gasteiger partial charge in [-0.2, -0.15) is 0 Å². The fourth-order valence-electron chi connectivity index (χ4n) is 2.47. The fraction of sp³-hybridized carbons (Fsp3) is 0.353. The Bertz CT molecular complexity index is 651. The molecule has 2 heterocycles. The molecule has 0 radical (unpaired) electrons. The molecule has 0 spiro atoms. The van der Waals surface area contributed by atoms with Crippen molar-refractivity contribution in [1.82, 2.24) is 10.2 Å². The fourth-order valence-corrected chi connectivity index (χ4v) is 3.40. The number of rotatable bonds is 5. The van der Waals surface area contributed by atoms with Crippen molar-refractivity contribution >= 4 is 17.2 Å². The van der Waals surface area contributed by atoms with Crippen molar-refractivity contribution < 1.29 is 13.9 Å².